The van der Waals surface area contributed by atoms with Gasteiger partial charge in [-0.15, -0.1) is 0 Å². The van der Waals surface area contributed by atoms with Crippen LogP contribution >= 0.6 is 0 Å². The van der Waals surface area contributed by atoms with Gasteiger partial charge >= 0.3 is 0 Å². The van der Waals surface area contributed by atoms with Gasteiger partial charge in [-0.25, -0.2) is 13.1 Å². The number of hydrogen-bond donors (Lipinski definition) is 3. The molecule has 0 aliphatic carbocycles. The quantitative estimate of drug-likeness (QED) is 0.392. The van der Waals surface area contributed by atoms with Crippen LogP contribution in [0.2, 0.25) is 0 Å². The summed E-state index contributed by atoms with van der Waals surface area (Å²) in [6, 6.07) is 0. The fourth-order valence-corrected chi connectivity index (χ4v) is 3.38. The number of rotatable bonds is 8. The Morgan fingerprint density at radius 2 is 1.91 bits per heavy atom. The van der Waals surface area contributed by atoms with Gasteiger partial charge in [-0.1, -0.05) is 0 Å². The Labute approximate surface area is 140 Å². The zero-order valence-electron chi connectivity index (χ0n) is 14.7. The Balaban J connectivity index is 2.45. The van der Waals surface area contributed by atoms with E-state index in [-0.39, 0.29) is 0 Å². The Bertz CT molecular complexity index is 473. The Morgan fingerprint density at radius 1 is 1.26 bits per heavy atom. The Morgan fingerprint density at radius 3 is 2.48 bits per heavy atom. The fourth-order valence-electron chi connectivity index (χ4n) is 2.31. The molecule has 0 aromatic heterocycles. The molecule has 9 heteroatoms. The van der Waals surface area contributed by atoms with Gasteiger partial charge in [0, 0.05) is 38.3 Å². The molecule has 8 nitrogen and oxygen atoms in total. The third-order valence-electron chi connectivity index (χ3n) is 3.26. The monoisotopic (exact) mass is 349 g/mol. The first-order valence-electron chi connectivity index (χ1n) is 8.03. The van der Waals surface area contributed by atoms with Crippen LogP contribution in [0.15, 0.2) is 4.99 Å². The predicted molar refractivity (Wildman–Crippen MR) is 93.3 cm³/mol. The van der Waals surface area contributed by atoms with Crippen LogP contribution in [0, 0.1) is 0 Å². The first-order valence-corrected chi connectivity index (χ1v) is 9.92. The van der Waals surface area contributed by atoms with Crippen molar-refractivity contribution in [2.45, 2.75) is 26.3 Å². The average Bonchev–Trinajstić information content (AvgIpc) is 2.43. The van der Waals surface area contributed by atoms with Crippen LogP contribution in [0.3, 0.4) is 0 Å². The third-order valence-corrected chi connectivity index (χ3v) is 4.19. The lowest BCUT2D eigenvalue weighted by molar-refractivity contribution is 0.0389. The van der Waals surface area contributed by atoms with Crippen molar-refractivity contribution in [2.75, 3.05) is 58.7 Å². The van der Waals surface area contributed by atoms with Crippen LogP contribution < -0.4 is 15.4 Å². The SMILES string of the molecule is CCNC(=NCC(C)(C)NS(C)(=O)=O)NCCN1CCOCC1. The molecule has 0 bridgehead atoms. The second-order valence-electron chi connectivity index (χ2n) is 6.33. The lowest BCUT2D eigenvalue weighted by Crippen LogP contribution is -2.47. The summed E-state index contributed by atoms with van der Waals surface area (Å²) in [5, 5.41) is 6.46. The third kappa shape index (κ3) is 9.75. The molecular formula is C14H31N5O3S. The van der Waals surface area contributed by atoms with Crippen molar-refractivity contribution >= 4 is 16.0 Å². The maximum absolute atomic E-state index is 11.4. The molecule has 0 atom stereocenters. The van der Waals surface area contributed by atoms with Crippen molar-refractivity contribution < 1.29 is 13.2 Å². The second kappa shape index (κ2) is 9.41. The van der Waals surface area contributed by atoms with Crippen LogP contribution in [0.5, 0.6) is 0 Å². The first-order chi connectivity index (χ1) is 10.7. The number of hydrogen-bond acceptors (Lipinski definition) is 5. The summed E-state index contributed by atoms with van der Waals surface area (Å²) < 4.78 is 30.6. The molecular weight excluding hydrogens is 318 g/mol. The first kappa shape index (κ1) is 20.1. The molecule has 0 radical (unpaired) electrons. The Kier molecular flexibility index (Phi) is 8.24. The van der Waals surface area contributed by atoms with Crippen molar-refractivity contribution in [1.82, 2.24) is 20.3 Å². The highest BCUT2D eigenvalue weighted by atomic mass is 32.2. The molecule has 0 aromatic rings. The van der Waals surface area contributed by atoms with Crippen LogP contribution in [-0.2, 0) is 14.8 Å². The molecule has 1 aliphatic heterocycles. The molecule has 0 saturated carbocycles. The summed E-state index contributed by atoms with van der Waals surface area (Å²) in [7, 11) is -3.25. The maximum atomic E-state index is 11.4. The molecule has 23 heavy (non-hydrogen) atoms. The molecule has 1 rings (SSSR count). The largest absolute Gasteiger partial charge is 0.379 e. The van der Waals surface area contributed by atoms with E-state index >= 15 is 0 Å². The van der Waals surface area contributed by atoms with Crippen molar-refractivity contribution in [3.63, 3.8) is 0 Å². The van der Waals surface area contributed by atoms with Gasteiger partial charge in [0.25, 0.3) is 0 Å². The maximum Gasteiger partial charge on any atom is 0.209 e. The summed E-state index contributed by atoms with van der Waals surface area (Å²) >= 11 is 0. The van der Waals surface area contributed by atoms with E-state index in [1.54, 1.807) is 0 Å². The van der Waals surface area contributed by atoms with Crippen LogP contribution in [0.4, 0.5) is 0 Å². The van der Waals surface area contributed by atoms with Crippen molar-refractivity contribution in [3.05, 3.63) is 0 Å². The van der Waals surface area contributed by atoms with E-state index < -0.39 is 15.6 Å². The van der Waals surface area contributed by atoms with E-state index in [1.165, 1.54) is 0 Å². The number of guanidine groups is 1. The van der Waals surface area contributed by atoms with Gasteiger partial charge in [0.05, 0.1) is 26.0 Å². The van der Waals surface area contributed by atoms with Crippen LogP contribution in [-0.4, -0.2) is 83.6 Å². The molecule has 0 aromatic carbocycles. The zero-order chi connectivity index (χ0) is 17.3. The number of nitrogens with one attached hydrogen (secondary N) is 3. The normalized spacial score (nSPS) is 18.0. The molecule has 0 spiro atoms. The van der Waals surface area contributed by atoms with E-state index in [0.29, 0.717) is 12.5 Å². The fraction of sp³-hybridized carbons (Fsp3) is 0.929. The smallest absolute Gasteiger partial charge is 0.209 e. The standard InChI is InChI=1S/C14H31N5O3S/c1-5-15-13(16-6-7-19-8-10-22-11-9-19)17-12-14(2,3)18-23(4,20)21/h18H,5-12H2,1-4H3,(H2,15,16,17). The number of sulfonamides is 1. The zero-order valence-corrected chi connectivity index (χ0v) is 15.5. The van der Waals surface area contributed by atoms with Gasteiger partial charge in [0.1, 0.15) is 0 Å². The van der Waals surface area contributed by atoms with Crippen molar-refractivity contribution in [1.29, 1.82) is 0 Å². The number of nitrogens with zero attached hydrogens (tertiary/aromatic N) is 2. The van der Waals surface area contributed by atoms with E-state index in [2.05, 4.69) is 25.2 Å². The highest BCUT2D eigenvalue weighted by molar-refractivity contribution is 7.88. The van der Waals surface area contributed by atoms with Gasteiger partial charge in [-0.05, 0) is 20.8 Å². The number of ether oxygens (including phenoxy) is 1. The van der Waals surface area contributed by atoms with E-state index in [1.807, 2.05) is 20.8 Å². The molecule has 1 fully saturated rings. The van der Waals surface area contributed by atoms with Gasteiger partial charge in [0.2, 0.25) is 10.0 Å². The van der Waals surface area contributed by atoms with Gasteiger partial charge in [-0.3, -0.25) is 9.89 Å². The topological polar surface area (TPSA) is 95.1 Å². The van der Waals surface area contributed by atoms with Gasteiger partial charge in [-0.2, -0.15) is 0 Å². The van der Waals surface area contributed by atoms with Gasteiger partial charge in [0.15, 0.2) is 5.96 Å². The van der Waals surface area contributed by atoms with Gasteiger partial charge < -0.3 is 15.4 Å². The number of morpholine rings is 1. The molecule has 136 valence electrons. The summed E-state index contributed by atoms with van der Waals surface area (Å²) in [6.07, 6.45) is 1.16. The summed E-state index contributed by atoms with van der Waals surface area (Å²) in [5.41, 5.74) is -0.625. The Hall–Kier alpha value is -0.900. The summed E-state index contributed by atoms with van der Waals surface area (Å²) in [4.78, 5) is 6.82. The summed E-state index contributed by atoms with van der Waals surface area (Å²) in [5.74, 6) is 0.698. The molecule has 3 N–H and O–H groups in total. The molecule has 0 amide bonds. The van der Waals surface area contributed by atoms with E-state index in [0.717, 1.165) is 52.2 Å². The van der Waals surface area contributed by atoms with Crippen LogP contribution in [0.1, 0.15) is 20.8 Å². The predicted octanol–water partition coefficient (Wildman–Crippen LogP) is -0.798. The highest BCUT2D eigenvalue weighted by Gasteiger charge is 2.21. The second-order valence-corrected chi connectivity index (χ2v) is 8.08. The van der Waals surface area contributed by atoms with Crippen molar-refractivity contribution in [2.24, 2.45) is 4.99 Å². The lowest BCUT2D eigenvalue weighted by atomic mass is 10.1. The summed E-state index contributed by atoms with van der Waals surface area (Å²) in [6.45, 7) is 11.9. The van der Waals surface area contributed by atoms with Crippen molar-refractivity contribution in [3.8, 4) is 0 Å². The number of aliphatic imine (C=N–C) groups is 1. The molecule has 1 aliphatic rings. The molecule has 0 unspecified atom stereocenters. The average molecular weight is 350 g/mol. The molecule has 1 saturated heterocycles. The van der Waals surface area contributed by atoms with E-state index in [9.17, 15) is 8.42 Å². The minimum atomic E-state index is -3.25. The van der Waals surface area contributed by atoms with Crippen LogP contribution in [0.25, 0.3) is 0 Å². The minimum Gasteiger partial charge on any atom is -0.379 e. The molecule has 1 heterocycles. The highest BCUT2D eigenvalue weighted by Crippen LogP contribution is 2.04. The van der Waals surface area contributed by atoms with E-state index in [4.69, 9.17) is 4.74 Å². The lowest BCUT2D eigenvalue weighted by Gasteiger charge is -2.27. The minimum absolute atomic E-state index is 0.354.